The third-order valence-electron chi connectivity index (χ3n) is 6.35. The molecular formula is C26H30N4O3. The SMILES string of the molecule is CCCCc1nc(C(=O)C2CCCCC2)nn1Cc1ccc(-c2ccncc2C(=O)O)cc1. The number of hydrogen-bond acceptors (Lipinski definition) is 5. The van der Waals surface area contributed by atoms with Crippen LogP contribution in [0.2, 0.25) is 0 Å². The Balaban J connectivity index is 1.56. The van der Waals surface area contributed by atoms with E-state index in [4.69, 9.17) is 0 Å². The fourth-order valence-electron chi connectivity index (χ4n) is 4.45. The van der Waals surface area contributed by atoms with Crippen LogP contribution in [0.5, 0.6) is 0 Å². The van der Waals surface area contributed by atoms with E-state index in [0.29, 0.717) is 17.9 Å². The minimum atomic E-state index is -1.000. The summed E-state index contributed by atoms with van der Waals surface area (Å²) in [5.41, 5.74) is 2.64. The van der Waals surface area contributed by atoms with Crippen molar-refractivity contribution in [3.05, 3.63) is 65.5 Å². The number of aromatic carboxylic acids is 1. The van der Waals surface area contributed by atoms with E-state index in [2.05, 4.69) is 22.0 Å². The van der Waals surface area contributed by atoms with Crippen LogP contribution in [-0.2, 0) is 13.0 Å². The third-order valence-corrected chi connectivity index (χ3v) is 6.35. The zero-order chi connectivity index (χ0) is 23.2. The van der Waals surface area contributed by atoms with Gasteiger partial charge in [0, 0.05) is 24.7 Å². The Bertz CT molecular complexity index is 1110. The highest BCUT2D eigenvalue weighted by Crippen LogP contribution is 2.27. The van der Waals surface area contributed by atoms with E-state index in [9.17, 15) is 14.7 Å². The molecule has 33 heavy (non-hydrogen) atoms. The highest BCUT2D eigenvalue weighted by molar-refractivity contribution is 5.95. The van der Waals surface area contributed by atoms with Crippen LogP contribution in [-0.4, -0.2) is 36.6 Å². The van der Waals surface area contributed by atoms with Gasteiger partial charge >= 0.3 is 5.97 Å². The molecule has 1 aliphatic carbocycles. The first-order valence-electron chi connectivity index (χ1n) is 11.8. The van der Waals surface area contributed by atoms with Crippen LogP contribution in [0.25, 0.3) is 11.1 Å². The van der Waals surface area contributed by atoms with Gasteiger partial charge in [0.25, 0.3) is 0 Å². The number of aromatic nitrogens is 4. The molecule has 0 unspecified atom stereocenters. The summed E-state index contributed by atoms with van der Waals surface area (Å²) < 4.78 is 1.86. The molecule has 7 heteroatoms. The zero-order valence-corrected chi connectivity index (χ0v) is 19.0. The second-order valence-electron chi connectivity index (χ2n) is 8.74. The van der Waals surface area contributed by atoms with Gasteiger partial charge in [-0.3, -0.25) is 9.78 Å². The minimum absolute atomic E-state index is 0.0525. The van der Waals surface area contributed by atoms with Crippen LogP contribution in [0.4, 0.5) is 0 Å². The van der Waals surface area contributed by atoms with E-state index >= 15 is 0 Å². The summed E-state index contributed by atoms with van der Waals surface area (Å²) in [6.45, 7) is 2.66. The van der Waals surface area contributed by atoms with E-state index in [0.717, 1.165) is 61.9 Å². The van der Waals surface area contributed by atoms with Crippen LogP contribution >= 0.6 is 0 Å². The summed E-state index contributed by atoms with van der Waals surface area (Å²) in [6.07, 6.45) is 11.1. The molecule has 0 radical (unpaired) electrons. The standard InChI is InChI=1S/C26H30N4O3/c1-2-3-9-23-28-25(24(31)20-7-5-4-6-8-20)29-30(23)17-18-10-12-19(13-11-18)21-14-15-27-16-22(21)26(32)33/h10-16,20H,2-9,17H2,1H3,(H,32,33). The van der Waals surface area contributed by atoms with Crippen molar-refractivity contribution in [2.75, 3.05) is 0 Å². The Labute approximate surface area is 193 Å². The van der Waals surface area contributed by atoms with Gasteiger partial charge in [0.15, 0.2) is 0 Å². The molecule has 7 nitrogen and oxygen atoms in total. The first kappa shape index (κ1) is 22.8. The number of carbonyl (C=O) groups excluding carboxylic acids is 1. The molecule has 1 fully saturated rings. The van der Waals surface area contributed by atoms with Crippen molar-refractivity contribution in [3.8, 4) is 11.1 Å². The Morgan fingerprint density at radius 3 is 2.55 bits per heavy atom. The Hall–Kier alpha value is -3.35. The van der Waals surface area contributed by atoms with Crippen molar-refractivity contribution in [1.82, 2.24) is 19.7 Å². The number of carboxylic acids is 1. The Morgan fingerprint density at radius 2 is 1.85 bits per heavy atom. The molecule has 1 N–H and O–H groups in total. The lowest BCUT2D eigenvalue weighted by molar-refractivity contribution is 0.0697. The largest absolute Gasteiger partial charge is 0.478 e. The van der Waals surface area contributed by atoms with Crippen LogP contribution in [0, 0.1) is 5.92 Å². The summed E-state index contributed by atoms with van der Waals surface area (Å²) in [6, 6.07) is 9.47. The normalized spacial score (nSPS) is 14.3. The van der Waals surface area contributed by atoms with E-state index in [1.165, 1.54) is 12.6 Å². The monoisotopic (exact) mass is 446 g/mol. The molecule has 172 valence electrons. The second kappa shape index (κ2) is 10.5. The van der Waals surface area contributed by atoms with E-state index < -0.39 is 5.97 Å². The van der Waals surface area contributed by atoms with Gasteiger partial charge in [-0.2, -0.15) is 0 Å². The van der Waals surface area contributed by atoms with E-state index in [1.807, 2.05) is 28.9 Å². The molecule has 1 saturated carbocycles. The molecule has 2 aromatic heterocycles. The van der Waals surface area contributed by atoms with Gasteiger partial charge in [0.1, 0.15) is 5.82 Å². The molecular weight excluding hydrogens is 416 g/mol. The molecule has 1 aromatic carbocycles. The van der Waals surface area contributed by atoms with Crippen LogP contribution in [0.15, 0.2) is 42.7 Å². The lowest BCUT2D eigenvalue weighted by Gasteiger charge is -2.18. The number of benzene rings is 1. The lowest BCUT2D eigenvalue weighted by atomic mass is 9.86. The number of carbonyl (C=O) groups is 2. The highest BCUT2D eigenvalue weighted by Gasteiger charge is 2.26. The van der Waals surface area contributed by atoms with Gasteiger partial charge in [-0.1, -0.05) is 56.9 Å². The average Bonchev–Trinajstić information content (AvgIpc) is 3.25. The number of pyridine rings is 1. The number of Topliss-reactive ketones (excluding diaryl/α,β-unsaturated/α-hetero) is 1. The Morgan fingerprint density at radius 1 is 1.09 bits per heavy atom. The molecule has 3 aromatic rings. The number of nitrogens with zero attached hydrogens (tertiary/aromatic N) is 4. The smallest absolute Gasteiger partial charge is 0.337 e. The van der Waals surface area contributed by atoms with Gasteiger partial charge < -0.3 is 5.11 Å². The average molecular weight is 447 g/mol. The fraction of sp³-hybridized carbons (Fsp3) is 0.423. The maximum atomic E-state index is 13.0. The van der Waals surface area contributed by atoms with Crippen molar-refractivity contribution >= 4 is 11.8 Å². The first-order chi connectivity index (χ1) is 16.1. The van der Waals surface area contributed by atoms with Crippen molar-refractivity contribution in [1.29, 1.82) is 0 Å². The molecule has 2 heterocycles. The fourth-order valence-corrected chi connectivity index (χ4v) is 4.45. The summed E-state index contributed by atoms with van der Waals surface area (Å²) >= 11 is 0. The predicted molar refractivity (Wildman–Crippen MR) is 125 cm³/mol. The van der Waals surface area contributed by atoms with Gasteiger partial charge in [-0.25, -0.2) is 14.5 Å². The van der Waals surface area contributed by atoms with Gasteiger partial charge in [-0.05, 0) is 42.0 Å². The molecule has 0 atom stereocenters. The third kappa shape index (κ3) is 5.35. The molecule has 0 saturated heterocycles. The van der Waals surface area contributed by atoms with Crippen molar-refractivity contribution < 1.29 is 14.7 Å². The van der Waals surface area contributed by atoms with E-state index in [1.54, 1.807) is 12.3 Å². The molecule has 0 spiro atoms. The minimum Gasteiger partial charge on any atom is -0.478 e. The zero-order valence-electron chi connectivity index (χ0n) is 19.0. The first-order valence-corrected chi connectivity index (χ1v) is 11.8. The number of hydrogen-bond donors (Lipinski definition) is 1. The van der Waals surface area contributed by atoms with Crippen LogP contribution < -0.4 is 0 Å². The van der Waals surface area contributed by atoms with Crippen LogP contribution in [0.1, 0.15) is 84.2 Å². The van der Waals surface area contributed by atoms with Crippen molar-refractivity contribution in [3.63, 3.8) is 0 Å². The van der Waals surface area contributed by atoms with Crippen LogP contribution in [0.3, 0.4) is 0 Å². The number of unbranched alkanes of at least 4 members (excludes halogenated alkanes) is 1. The summed E-state index contributed by atoms with van der Waals surface area (Å²) in [4.78, 5) is 33.1. The number of carboxylic acid groups (broad SMARTS) is 1. The summed E-state index contributed by atoms with van der Waals surface area (Å²) in [5.74, 6) is 0.340. The summed E-state index contributed by atoms with van der Waals surface area (Å²) in [5, 5.41) is 14.1. The molecule has 0 amide bonds. The lowest BCUT2D eigenvalue weighted by Crippen LogP contribution is -2.19. The van der Waals surface area contributed by atoms with Crippen molar-refractivity contribution in [2.45, 2.75) is 64.8 Å². The van der Waals surface area contributed by atoms with E-state index in [-0.39, 0.29) is 17.3 Å². The van der Waals surface area contributed by atoms with Crippen molar-refractivity contribution in [2.24, 2.45) is 5.92 Å². The molecule has 1 aliphatic rings. The highest BCUT2D eigenvalue weighted by atomic mass is 16.4. The Kier molecular flexibility index (Phi) is 7.27. The topological polar surface area (TPSA) is 98.0 Å². The quantitative estimate of drug-likeness (QED) is 0.454. The number of rotatable bonds is 9. The predicted octanol–water partition coefficient (Wildman–Crippen LogP) is 5.19. The van der Waals surface area contributed by atoms with Gasteiger partial charge in [0.05, 0.1) is 12.1 Å². The molecule has 4 rings (SSSR count). The van der Waals surface area contributed by atoms with Gasteiger partial charge in [0.2, 0.25) is 11.6 Å². The maximum Gasteiger partial charge on any atom is 0.337 e. The molecule has 0 aliphatic heterocycles. The van der Waals surface area contributed by atoms with Gasteiger partial charge in [-0.15, -0.1) is 5.10 Å². The number of ketones is 1. The maximum absolute atomic E-state index is 13.0. The summed E-state index contributed by atoms with van der Waals surface area (Å²) in [7, 11) is 0. The second-order valence-corrected chi connectivity index (χ2v) is 8.74. The number of aryl methyl sites for hydroxylation is 1. The molecule has 0 bridgehead atoms.